The van der Waals surface area contributed by atoms with Crippen molar-refractivity contribution in [2.24, 2.45) is 5.11 Å². The first-order valence-corrected chi connectivity index (χ1v) is 6.79. The van der Waals surface area contributed by atoms with Crippen molar-refractivity contribution in [1.29, 1.82) is 0 Å². The van der Waals surface area contributed by atoms with Gasteiger partial charge in [-0.05, 0) is 26.3 Å². The molecule has 0 radical (unpaired) electrons. The molecule has 0 atom stereocenters. The third kappa shape index (κ3) is 14.4. The lowest BCUT2D eigenvalue weighted by atomic mass is 10.2. The van der Waals surface area contributed by atoms with Gasteiger partial charge in [-0.3, -0.25) is 10.2 Å². The Morgan fingerprint density at radius 1 is 1.09 bits per heavy atom. The molecule has 126 valence electrons. The van der Waals surface area contributed by atoms with Crippen LogP contribution >= 0.6 is 0 Å². The summed E-state index contributed by atoms with van der Waals surface area (Å²) in [6.45, 7) is 6.62. The highest BCUT2D eigenvalue weighted by atomic mass is 16.6. The predicted octanol–water partition coefficient (Wildman–Crippen LogP) is 1.28. The van der Waals surface area contributed by atoms with Crippen molar-refractivity contribution >= 4 is 12.0 Å². The maximum absolute atomic E-state index is 11.4. The molecule has 0 rings (SSSR count). The standard InChI is InChI=1S/C12H23N5O5/c1-12(2,3)22-11(19)16-15-10(18)4-6-20-8-9-21-7-5-14-17-13/h4-9H2,1-3H3,(H,15,18)(H,16,19). The topological polar surface area (TPSA) is 135 Å². The van der Waals surface area contributed by atoms with E-state index in [0.29, 0.717) is 19.8 Å². The Morgan fingerprint density at radius 3 is 2.32 bits per heavy atom. The third-order valence-corrected chi connectivity index (χ3v) is 1.95. The van der Waals surface area contributed by atoms with Crippen molar-refractivity contribution in [3.8, 4) is 0 Å². The van der Waals surface area contributed by atoms with Gasteiger partial charge in [0.1, 0.15) is 5.60 Å². The summed E-state index contributed by atoms with van der Waals surface area (Å²) in [6.07, 6.45) is -0.635. The van der Waals surface area contributed by atoms with Gasteiger partial charge in [-0.2, -0.15) is 0 Å². The third-order valence-electron chi connectivity index (χ3n) is 1.95. The molecule has 2 amide bonds. The zero-order valence-corrected chi connectivity index (χ0v) is 13.1. The van der Waals surface area contributed by atoms with Gasteiger partial charge in [0, 0.05) is 11.5 Å². The molecule has 0 aromatic carbocycles. The van der Waals surface area contributed by atoms with E-state index in [0.717, 1.165) is 0 Å². The fourth-order valence-corrected chi connectivity index (χ4v) is 1.12. The molecule has 10 heteroatoms. The molecule has 2 N–H and O–H groups in total. The van der Waals surface area contributed by atoms with Crippen LogP contribution in [0.2, 0.25) is 0 Å². The molecule has 0 fully saturated rings. The van der Waals surface area contributed by atoms with E-state index < -0.39 is 17.6 Å². The van der Waals surface area contributed by atoms with Crippen LogP contribution in [-0.2, 0) is 19.0 Å². The van der Waals surface area contributed by atoms with Crippen molar-refractivity contribution in [2.45, 2.75) is 32.8 Å². The zero-order chi connectivity index (χ0) is 16.8. The van der Waals surface area contributed by atoms with E-state index in [4.69, 9.17) is 19.7 Å². The van der Waals surface area contributed by atoms with Gasteiger partial charge >= 0.3 is 6.09 Å². The summed E-state index contributed by atoms with van der Waals surface area (Å²) in [5.41, 5.74) is 11.8. The maximum atomic E-state index is 11.4. The van der Waals surface area contributed by atoms with Crippen molar-refractivity contribution in [2.75, 3.05) is 33.0 Å². The molecular formula is C12H23N5O5. The maximum Gasteiger partial charge on any atom is 0.426 e. The first kappa shape index (κ1) is 20.0. The van der Waals surface area contributed by atoms with Gasteiger partial charge in [0.05, 0.1) is 32.8 Å². The number of carbonyl (C=O) groups excluding carboxylic acids is 2. The number of hydrogen-bond donors (Lipinski definition) is 2. The van der Waals surface area contributed by atoms with Crippen LogP contribution in [-0.4, -0.2) is 50.6 Å². The predicted molar refractivity (Wildman–Crippen MR) is 77.8 cm³/mol. The number of hydrogen-bond acceptors (Lipinski definition) is 6. The molecule has 0 unspecified atom stereocenters. The van der Waals surface area contributed by atoms with E-state index in [1.807, 2.05) is 0 Å². The molecule has 0 saturated heterocycles. The summed E-state index contributed by atoms with van der Waals surface area (Å²) >= 11 is 0. The van der Waals surface area contributed by atoms with E-state index in [9.17, 15) is 9.59 Å². The van der Waals surface area contributed by atoms with Crippen LogP contribution in [0.4, 0.5) is 4.79 Å². The van der Waals surface area contributed by atoms with Crippen LogP contribution in [0.5, 0.6) is 0 Å². The first-order valence-electron chi connectivity index (χ1n) is 6.79. The minimum absolute atomic E-state index is 0.0918. The van der Waals surface area contributed by atoms with Gasteiger partial charge in [-0.25, -0.2) is 10.2 Å². The largest absolute Gasteiger partial charge is 0.443 e. The second-order valence-electron chi connectivity index (χ2n) is 5.10. The smallest absolute Gasteiger partial charge is 0.426 e. The quantitative estimate of drug-likeness (QED) is 0.217. The number of nitrogens with zero attached hydrogens (tertiary/aromatic N) is 3. The van der Waals surface area contributed by atoms with Gasteiger partial charge in [-0.15, -0.1) is 0 Å². The number of azide groups is 1. The SMILES string of the molecule is CC(C)(C)OC(=O)NNC(=O)CCOCCOCCN=[N+]=[N-]. The van der Waals surface area contributed by atoms with Gasteiger partial charge in [0.15, 0.2) is 0 Å². The molecule has 22 heavy (non-hydrogen) atoms. The van der Waals surface area contributed by atoms with Crippen molar-refractivity contribution in [1.82, 2.24) is 10.9 Å². The summed E-state index contributed by atoms with van der Waals surface area (Å²) < 4.78 is 15.2. The number of hydrazine groups is 1. The highest BCUT2D eigenvalue weighted by Gasteiger charge is 2.16. The fraction of sp³-hybridized carbons (Fsp3) is 0.833. The molecule has 0 aromatic rings. The van der Waals surface area contributed by atoms with Gasteiger partial charge in [-0.1, -0.05) is 5.11 Å². The van der Waals surface area contributed by atoms with Gasteiger partial charge < -0.3 is 14.2 Å². The Balaban J connectivity index is 3.47. The molecule has 10 nitrogen and oxygen atoms in total. The summed E-state index contributed by atoms with van der Waals surface area (Å²) in [5, 5.41) is 3.30. The van der Waals surface area contributed by atoms with Gasteiger partial charge in [0.2, 0.25) is 5.91 Å². The van der Waals surface area contributed by atoms with Crippen LogP contribution in [0.15, 0.2) is 5.11 Å². The highest BCUT2D eigenvalue weighted by molar-refractivity contribution is 5.79. The molecule has 0 heterocycles. The molecule has 0 bridgehead atoms. The van der Waals surface area contributed by atoms with Gasteiger partial charge in [0.25, 0.3) is 0 Å². The lowest BCUT2D eigenvalue weighted by Gasteiger charge is -2.19. The molecule has 0 aliphatic carbocycles. The van der Waals surface area contributed by atoms with Crippen LogP contribution in [0, 0.1) is 0 Å². The summed E-state index contributed by atoms with van der Waals surface area (Å²) in [5.74, 6) is -0.393. The van der Waals surface area contributed by atoms with Crippen LogP contribution < -0.4 is 10.9 Å². The van der Waals surface area contributed by atoms with Crippen molar-refractivity contribution in [3.63, 3.8) is 0 Å². The Labute approximate surface area is 129 Å². The molecular weight excluding hydrogens is 294 g/mol. The molecule has 0 saturated carbocycles. The molecule has 0 aliphatic rings. The van der Waals surface area contributed by atoms with Crippen LogP contribution in [0.1, 0.15) is 27.2 Å². The van der Waals surface area contributed by atoms with E-state index in [-0.39, 0.29) is 19.6 Å². The average Bonchev–Trinajstić information content (AvgIpc) is 2.41. The Kier molecular flexibility index (Phi) is 10.5. The Morgan fingerprint density at radius 2 is 1.73 bits per heavy atom. The monoisotopic (exact) mass is 317 g/mol. The second kappa shape index (κ2) is 11.6. The molecule has 0 aromatic heterocycles. The number of nitrogens with one attached hydrogen (secondary N) is 2. The van der Waals surface area contributed by atoms with Crippen molar-refractivity contribution in [3.05, 3.63) is 10.4 Å². The second-order valence-corrected chi connectivity index (χ2v) is 5.10. The number of rotatable bonds is 9. The van der Waals surface area contributed by atoms with E-state index in [2.05, 4.69) is 20.9 Å². The Bertz CT molecular complexity index is 390. The number of ether oxygens (including phenoxy) is 3. The number of amides is 2. The van der Waals surface area contributed by atoms with Crippen LogP contribution in [0.25, 0.3) is 10.4 Å². The lowest BCUT2D eigenvalue weighted by Crippen LogP contribution is -2.44. The zero-order valence-electron chi connectivity index (χ0n) is 13.1. The van der Waals surface area contributed by atoms with Crippen LogP contribution in [0.3, 0.4) is 0 Å². The minimum atomic E-state index is -0.727. The summed E-state index contributed by atoms with van der Waals surface area (Å²) in [4.78, 5) is 25.2. The number of carbonyl (C=O) groups is 2. The Hall–Kier alpha value is -2.03. The van der Waals surface area contributed by atoms with E-state index in [1.54, 1.807) is 20.8 Å². The highest BCUT2D eigenvalue weighted by Crippen LogP contribution is 2.05. The normalized spacial score (nSPS) is 10.5. The lowest BCUT2D eigenvalue weighted by molar-refractivity contribution is -0.123. The summed E-state index contributed by atoms with van der Waals surface area (Å²) in [6, 6.07) is 0. The summed E-state index contributed by atoms with van der Waals surface area (Å²) in [7, 11) is 0. The average molecular weight is 317 g/mol. The van der Waals surface area contributed by atoms with Crippen molar-refractivity contribution < 1.29 is 23.8 Å². The van der Waals surface area contributed by atoms with E-state index in [1.165, 1.54) is 0 Å². The molecule has 0 spiro atoms. The first-order chi connectivity index (χ1) is 10.3. The fourth-order valence-electron chi connectivity index (χ4n) is 1.12. The van der Waals surface area contributed by atoms with E-state index >= 15 is 0 Å². The molecule has 0 aliphatic heterocycles. The minimum Gasteiger partial charge on any atom is -0.443 e.